The molecule has 0 spiro atoms. The van der Waals surface area contributed by atoms with Crippen molar-refractivity contribution >= 4 is 5.97 Å². The summed E-state index contributed by atoms with van der Waals surface area (Å²) < 4.78 is 52.1. The quantitative estimate of drug-likeness (QED) is 0.382. The van der Waals surface area contributed by atoms with E-state index in [9.17, 15) is 28.2 Å². The van der Waals surface area contributed by atoms with E-state index in [0.717, 1.165) is 13.3 Å². The number of aliphatic hydroxyl groups excluding tert-OH is 2. The van der Waals surface area contributed by atoms with Gasteiger partial charge in [-0.1, -0.05) is 31.5 Å². The number of carbonyl (C=O) groups excluding carboxylic acids is 1. The summed E-state index contributed by atoms with van der Waals surface area (Å²) in [5.41, 5.74) is -2.81. The van der Waals surface area contributed by atoms with Crippen molar-refractivity contribution in [3.63, 3.8) is 0 Å². The highest BCUT2D eigenvalue weighted by atomic mass is 19.4. The largest absolute Gasteiger partial charge is 0.492 e. The van der Waals surface area contributed by atoms with Crippen LogP contribution >= 0.6 is 0 Å². The van der Waals surface area contributed by atoms with Crippen molar-refractivity contribution in [2.45, 2.75) is 46.1 Å². The van der Waals surface area contributed by atoms with Crippen LogP contribution in [0.5, 0.6) is 11.5 Å². The molecule has 2 N–H and O–H groups in total. The third kappa shape index (κ3) is 5.07. The first kappa shape index (κ1) is 22.7. The van der Waals surface area contributed by atoms with E-state index in [1.165, 1.54) is 12.1 Å². The summed E-state index contributed by atoms with van der Waals surface area (Å²) >= 11 is 0. The molecular formula is C21H23F3O5. The number of benzene rings is 2. The zero-order chi connectivity index (χ0) is 21.6. The van der Waals surface area contributed by atoms with E-state index in [1.54, 1.807) is 18.2 Å². The van der Waals surface area contributed by atoms with Crippen LogP contribution < -0.4 is 9.47 Å². The lowest BCUT2D eigenvalue weighted by molar-refractivity contribution is -0.139. The lowest BCUT2D eigenvalue weighted by Gasteiger charge is -2.24. The molecule has 0 bridgehead atoms. The highest BCUT2D eigenvalue weighted by molar-refractivity contribution is 5.97. The van der Waals surface area contributed by atoms with Gasteiger partial charge in [0.1, 0.15) is 17.1 Å². The Bertz CT molecular complexity index is 848. The molecule has 0 fully saturated rings. The van der Waals surface area contributed by atoms with Crippen molar-refractivity contribution < 1.29 is 37.7 Å². The molecule has 0 aliphatic rings. The van der Waals surface area contributed by atoms with Gasteiger partial charge in [0, 0.05) is 5.56 Å². The first-order valence-corrected chi connectivity index (χ1v) is 9.13. The van der Waals surface area contributed by atoms with Crippen LogP contribution in [0.15, 0.2) is 30.3 Å². The molecule has 8 heteroatoms. The number of aliphatic hydroxyl groups is 2. The molecule has 0 heterocycles. The minimum atomic E-state index is -4.85. The average molecular weight is 412 g/mol. The molecule has 0 atom stereocenters. The summed E-state index contributed by atoms with van der Waals surface area (Å²) in [5, 5.41) is 19.3. The number of para-hydroxylation sites is 1. The number of hydrogen-bond acceptors (Lipinski definition) is 5. The topological polar surface area (TPSA) is 76.0 Å². The Morgan fingerprint density at radius 2 is 1.69 bits per heavy atom. The van der Waals surface area contributed by atoms with Crippen LogP contribution in [-0.4, -0.2) is 22.8 Å². The molecule has 2 aromatic rings. The molecule has 0 radical (unpaired) electrons. The molecule has 0 amide bonds. The zero-order valence-corrected chi connectivity index (χ0v) is 16.2. The summed E-state index contributed by atoms with van der Waals surface area (Å²) in [6.45, 7) is 1.34. The predicted molar refractivity (Wildman–Crippen MR) is 99.8 cm³/mol. The third-order valence-electron chi connectivity index (χ3n) is 4.42. The Balaban J connectivity index is 2.71. The first-order valence-electron chi connectivity index (χ1n) is 9.13. The number of esters is 1. The van der Waals surface area contributed by atoms with Gasteiger partial charge < -0.3 is 19.7 Å². The zero-order valence-electron chi connectivity index (χ0n) is 16.2. The van der Waals surface area contributed by atoms with Gasteiger partial charge in [-0.2, -0.15) is 13.2 Å². The molecule has 0 saturated carbocycles. The van der Waals surface area contributed by atoms with Crippen LogP contribution in [0, 0.1) is 6.92 Å². The van der Waals surface area contributed by atoms with Gasteiger partial charge in [0.15, 0.2) is 0 Å². The lowest BCUT2D eigenvalue weighted by Crippen LogP contribution is -2.22. The van der Waals surface area contributed by atoms with E-state index >= 15 is 0 Å². The summed E-state index contributed by atoms with van der Waals surface area (Å²) in [5.74, 6) is -1.08. The molecule has 0 aromatic heterocycles. The summed E-state index contributed by atoms with van der Waals surface area (Å²) in [6.07, 6.45) is -3.51. The monoisotopic (exact) mass is 412 g/mol. The predicted octanol–water partition coefficient (Wildman–Crippen LogP) is 4.40. The molecule has 5 nitrogen and oxygen atoms in total. The standard InChI is InChI=1S/C21H23F3O5/c1-3-4-10-28-19-16(12-26)15(11-25)18(21(22,23)24)13(2)17(19)20(27)29-14-8-6-5-7-9-14/h5-9,25-26H,3-4,10-12H2,1-2H3. The van der Waals surface area contributed by atoms with Crippen molar-refractivity contribution in [2.24, 2.45) is 0 Å². The van der Waals surface area contributed by atoms with E-state index in [0.29, 0.717) is 6.42 Å². The smallest absolute Gasteiger partial charge is 0.417 e. The number of carbonyl (C=O) groups is 1. The third-order valence-corrected chi connectivity index (χ3v) is 4.42. The number of ether oxygens (including phenoxy) is 2. The van der Waals surface area contributed by atoms with Gasteiger partial charge in [-0.05, 0) is 36.6 Å². The Morgan fingerprint density at radius 1 is 1.07 bits per heavy atom. The number of unbranched alkanes of at least 4 members (excludes halogenated alkanes) is 1. The summed E-state index contributed by atoms with van der Waals surface area (Å²) in [7, 11) is 0. The Hall–Kier alpha value is -2.58. The molecule has 2 rings (SSSR count). The molecular weight excluding hydrogens is 389 g/mol. The molecule has 0 aliphatic carbocycles. The number of rotatable bonds is 8. The fourth-order valence-electron chi connectivity index (χ4n) is 3.06. The molecule has 29 heavy (non-hydrogen) atoms. The maximum absolute atomic E-state index is 13.7. The van der Waals surface area contributed by atoms with E-state index in [2.05, 4.69) is 0 Å². The molecule has 2 aromatic carbocycles. The van der Waals surface area contributed by atoms with Crippen LogP contribution in [0.2, 0.25) is 0 Å². The van der Waals surface area contributed by atoms with Crippen molar-refractivity contribution in [1.82, 2.24) is 0 Å². The van der Waals surface area contributed by atoms with Crippen molar-refractivity contribution in [3.05, 3.63) is 58.1 Å². The van der Waals surface area contributed by atoms with Gasteiger partial charge in [0.05, 0.1) is 25.4 Å². The first-order chi connectivity index (χ1) is 13.8. The molecule has 0 aliphatic heterocycles. The number of hydrogen-bond donors (Lipinski definition) is 2. The van der Waals surface area contributed by atoms with E-state index in [1.807, 2.05) is 6.92 Å². The highest BCUT2D eigenvalue weighted by Crippen LogP contribution is 2.43. The van der Waals surface area contributed by atoms with Crippen LogP contribution in [0.4, 0.5) is 13.2 Å². The van der Waals surface area contributed by atoms with Crippen LogP contribution in [0.1, 0.15) is 52.4 Å². The summed E-state index contributed by atoms with van der Waals surface area (Å²) in [4.78, 5) is 12.8. The SMILES string of the molecule is CCCCOc1c(CO)c(CO)c(C(F)(F)F)c(C)c1C(=O)Oc1ccccc1. The Labute approximate surface area is 166 Å². The molecule has 0 unspecified atom stereocenters. The number of halogens is 3. The Kier molecular flexibility index (Phi) is 7.64. The van der Waals surface area contributed by atoms with Gasteiger partial charge >= 0.3 is 12.1 Å². The van der Waals surface area contributed by atoms with E-state index in [-0.39, 0.29) is 23.7 Å². The van der Waals surface area contributed by atoms with Gasteiger partial charge in [-0.15, -0.1) is 0 Å². The van der Waals surface area contributed by atoms with Crippen LogP contribution in [0.25, 0.3) is 0 Å². The lowest BCUT2D eigenvalue weighted by atomic mass is 9.90. The second-order valence-electron chi connectivity index (χ2n) is 6.38. The van der Waals surface area contributed by atoms with Gasteiger partial charge in [-0.3, -0.25) is 0 Å². The van der Waals surface area contributed by atoms with Gasteiger partial charge in [-0.25, -0.2) is 4.79 Å². The molecule has 158 valence electrons. The number of alkyl halides is 3. The van der Waals surface area contributed by atoms with E-state index < -0.39 is 47.6 Å². The average Bonchev–Trinajstić information content (AvgIpc) is 2.67. The van der Waals surface area contributed by atoms with Gasteiger partial charge in [0.25, 0.3) is 0 Å². The minimum Gasteiger partial charge on any atom is -0.492 e. The maximum atomic E-state index is 13.7. The second-order valence-corrected chi connectivity index (χ2v) is 6.38. The maximum Gasteiger partial charge on any atom is 0.417 e. The highest BCUT2D eigenvalue weighted by Gasteiger charge is 2.40. The van der Waals surface area contributed by atoms with E-state index in [4.69, 9.17) is 9.47 Å². The summed E-state index contributed by atoms with van der Waals surface area (Å²) in [6, 6.07) is 7.91. The van der Waals surface area contributed by atoms with Crippen molar-refractivity contribution in [1.29, 1.82) is 0 Å². The van der Waals surface area contributed by atoms with Crippen LogP contribution in [0.3, 0.4) is 0 Å². The van der Waals surface area contributed by atoms with Crippen molar-refractivity contribution in [3.8, 4) is 11.5 Å². The normalized spacial score (nSPS) is 11.4. The van der Waals surface area contributed by atoms with Crippen molar-refractivity contribution in [2.75, 3.05) is 6.61 Å². The Morgan fingerprint density at radius 3 is 2.21 bits per heavy atom. The fourth-order valence-corrected chi connectivity index (χ4v) is 3.06. The fraction of sp³-hybridized carbons (Fsp3) is 0.381. The second kappa shape index (κ2) is 9.76. The van der Waals surface area contributed by atoms with Crippen LogP contribution in [-0.2, 0) is 19.4 Å². The molecule has 0 saturated heterocycles. The minimum absolute atomic E-state index is 0.130. The van der Waals surface area contributed by atoms with Gasteiger partial charge in [0.2, 0.25) is 0 Å².